The van der Waals surface area contributed by atoms with E-state index in [0.29, 0.717) is 18.7 Å². The second-order valence-electron chi connectivity index (χ2n) is 6.50. The molecule has 0 spiro atoms. The number of hydrogen-bond acceptors (Lipinski definition) is 3. The summed E-state index contributed by atoms with van der Waals surface area (Å²) in [6, 6.07) is 16.9. The van der Waals surface area contributed by atoms with Crippen LogP contribution in [0.3, 0.4) is 0 Å². The van der Waals surface area contributed by atoms with Crippen LogP contribution in [0.1, 0.15) is 33.1 Å². The molecular weight excluding hydrogens is 340 g/mol. The van der Waals surface area contributed by atoms with Crippen molar-refractivity contribution in [2.45, 2.75) is 33.1 Å². The van der Waals surface area contributed by atoms with Crippen molar-refractivity contribution in [1.29, 1.82) is 0 Å². The van der Waals surface area contributed by atoms with Gasteiger partial charge in [0.25, 0.3) is 0 Å². The van der Waals surface area contributed by atoms with E-state index in [1.807, 2.05) is 61.6 Å². The molecule has 0 aromatic heterocycles. The van der Waals surface area contributed by atoms with E-state index < -0.39 is 0 Å². The quantitative estimate of drug-likeness (QED) is 0.656. The van der Waals surface area contributed by atoms with Crippen molar-refractivity contribution in [2.24, 2.45) is 0 Å². The van der Waals surface area contributed by atoms with Gasteiger partial charge in [0.2, 0.25) is 11.8 Å². The summed E-state index contributed by atoms with van der Waals surface area (Å²) in [5.41, 5.74) is 0.756. The van der Waals surface area contributed by atoms with Gasteiger partial charge in [-0.3, -0.25) is 9.59 Å². The lowest BCUT2D eigenvalue weighted by molar-refractivity contribution is -0.129. The smallest absolute Gasteiger partial charge is 0.224 e. The van der Waals surface area contributed by atoms with Gasteiger partial charge in [0.05, 0.1) is 0 Å². The van der Waals surface area contributed by atoms with Gasteiger partial charge in [-0.05, 0) is 42.8 Å². The molecule has 2 aromatic carbocycles. The monoisotopic (exact) mass is 368 g/mol. The first-order valence-corrected chi connectivity index (χ1v) is 9.36. The fourth-order valence-corrected chi connectivity index (χ4v) is 2.71. The van der Waals surface area contributed by atoms with Crippen LogP contribution in [0.2, 0.25) is 0 Å². The summed E-state index contributed by atoms with van der Waals surface area (Å²) in [6.45, 7) is 4.73. The molecule has 2 amide bonds. The summed E-state index contributed by atoms with van der Waals surface area (Å²) in [5, 5.41) is 0. The van der Waals surface area contributed by atoms with Crippen LogP contribution in [0, 0.1) is 0 Å². The van der Waals surface area contributed by atoms with Gasteiger partial charge in [0.15, 0.2) is 0 Å². The minimum absolute atomic E-state index is 0.0544. The Kier molecular flexibility index (Phi) is 7.86. The maximum absolute atomic E-state index is 12.2. The highest BCUT2D eigenvalue weighted by Crippen LogP contribution is 2.24. The molecule has 0 radical (unpaired) electrons. The first-order valence-electron chi connectivity index (χ1n) is 9.36. The molecule has 2 rings (SSSR count). The number of rotatable bonds is 9. The number of carbonyl (C=O) groups is 2. The van der Waals surface area contributed by atoms with Gasteiger partial charge in [0.1, 0.15) is 11.5 Å². The molecule has 0 aliphatic carbocycles. The molecule has 5 heteroatoms. The molecule has 0 bridgehead atoms. The van der Waals surface area contributed by atoms with Crippen molar-refractivity contribution in [3.8, 4) is 11.5 Å². The molecule has 0 unspecified atom stereocenters. The Balaban J connectivity index is 1.97. The van der Waals surface area contributed by atoms with Crippen molar-refractivity contribution in [1.82, 2.24) is 4.90 Å². The van der Waals surface area contributed by atoms with Crippen LogP contribution in [0.5, 0.6) is 11.5 Å². The molecule has 0 fully saturated rings. The first-order chi connectivity index (χ1) is 13.0. The second-order valence-corrected chi connectivity index (χ2v) is 6.50. The van der Waals surface area contributed by atoms with Crippen LogP contribution in [0.25, 0.3) is 0 Å². The van der Waals surface area contributed by atoms with Gasteiger partial charge in [-0.2, -0.15) is 0 Å². The van der Waals surface area contributed by atoms with Gasteiger partial charge < -0.3 is 14.5 Å². The fraction of sp³-hybridized carbons (Fsp3) is 0.364. The Morgan fingerprint density at radius 3 is 2.15 bits per heavy atom. The van der Waals surface area contributed by atoms with Crippen LogP contribution in [0.15, 0.2) is 54.6 Å². The first kappa shape index (κ1) is 20.5. The Hall–Kier alpha value is -2.82. The van der Waals surface area contributed by atoms with E-state index >= 15 is 0 Å². The predicted octanol–water partition coefficient (Wildman–Crippen LogP) is 4.48. The normalized spacial score (nSPS) is 10.3. The Bertz CT molecular complexity index is 729. The topological polar surface area (TPSA) is 49.9 Å². The molecular formula is C22H28N2O3. The number of para-hydroxylation sites is 1. The van der Waals surface area contributed by atoms with Gasteiger partial charge in [-0.15, -0.1) is 0 Å². The summed E-state index contributed by atoms with van der Waals surface area (Å²) >= 11 is 0. The van der Waals surface area contributed by atoms with Crippen LogP contribution >= 0.6 is 0 Å². The Morgan fingerprint density at radius 1 is 0.926 bits per heavy atom. The van der Waals surface area contributed by atoms with E-state index in [1.54, 1.807) is 9.80 Å². The van der Waals surface area contributed by atoms with Crippen LogP contribution in [0.4, 0.5) is 5.69 Å². The average molecular weight is 368 g/mol. The number of carbonyl (C=O) groups excluding carboxylic acids is 2. The summed E-state index contributed by atoms with van der Waals surface area (Å²) in [7, 11) is 1.81. The summed E-state index contributed by atoms with van der Waals surface area (Å²) in [6.07, 6.45) is 2.35. The minimum Gasteiger partial charge on any atom is -0.457 e. The Labute approximate surface area is 161 Å². The minimum atomic E-state index is -0.0873. The van der Waals surface area contributed by atoms with E-state index in [1.165, 1.54) is 6.92 Å². The summed E-state index contributed by atoms with van der Waals surface area (Å²) in [5.74, 6) is 1.42. The van der Waals surface area contributed by atoms with Crippen LogP contribution < -0.4 is 9.64 Å². The summed E-state index contributed by atoms with van der Waals surface area (Å²) in [4.78, 5) is 27.6. The highest BCUT2D eigenvalue weighted by molar-refractivity contribution is 5.92. The highest BCUT2D eigenvalue weighted by atomic mass is 16.5. The summed E-state index contributed by atoms with van der Waals surface area (Å²) < 4.78 is 5.78. The molecule has 5 nitrogen and oxygen atoms in total. The van der Waals surface area contributed by atoms with Crippen molar-refractivity contribution in [3.63, 3.8) is 0 Å². The lowest BCUT2D eigenvalue weighted by Gasteiger charge is -2.23. The molecule has 0 aliphatic rings. The van der Waals surface area contributed by atoms with E-state index in [4.69, 9.17) is 4.74 Å². The van der Waals surface area contributed by atoms with Crippen molar-refractivity contribution in [3.05, 3.63) is 54.6 Å². The third-order valence-electron chi connectivity index (χ3n) is 4.33. The largest absolute Gasteiger partial charge is 0.457 e. The number of ether oxygens (including phenoxy) is 1. The number of amides is 2. The number of anilines is 1. The van der Waals surface area contributed by atoms with Gasteiger partial charge >= 0.3 is 0 Å². The molecule has 0 heterocycles. The van der Waals surface area contributed by atoms with Gasteiger partial charge in [-0.1, -0.05) is 31.5 Å². The number of hydrogen-bond donors (Lipinski definition) is 0. The van der Waals surface area contributed by atoms with Crippen molar-refractivity contribution in [2.75, 3.05) is 25.0 Å². The molecule has 0 saturated heterocycles. The lowest BCUT2D eigenvalue weighted by atomic mass is 10.2. The molecule has 27 heavy (non-hydrogen) atoms. The molecule has 0 N–H and O–H groups in total. The zero-order valence-electron chi connectivity index (χ0n) is 16.4. The van der Waals surface area contributed by atoms with Crippen LogP contribution in [-0.4, -0.2) is 36.9 Å². The maximum atomic E-state index is 12.2. The molecule has 0 atom stereocenters. The molecule has 2 aromatic rings. The highest BCUT2D eigenvalue weighted by Gasteiger charge is 2.15. The molecule has 144 valence electrons. The average Bonchev–Trinajstić information content (AvgIpc) is 2.67. The lowest BCUT2D eigenvalue weighted by Crippen LogP contribution is -2.35. The zero-order valence-corrected chi connectivity index (χ0v) is 16.4. The second kappa shape index (κ2) is 10.4. The van der Waals surface area contributed by atoms with Gasteiger partial charge in [0, 0.05) is 39.2 Å². The predicted molar refractivity (Wildman–Crippen MR) is 108 cm³/mol. The Morgan fingerprint density at radius 2 is 1.56 bits per heavy atom. The SMILES string of the molecule is CCCCN(C)C(=O)CCN(C(C)=O)c1ccc(Oc2ccccc2)cc1. The number of unbranched alkanes of at least 4 members (excludes halogenated alkanes) is 1. The van der Waals surface area contributed by atoms with E-state index in [2.05, 4.69) is 6.92 Å². The third kappa shape index (κ3) is 6.44. The van der Waals surface area contributed by atoms with Crippen LogP contribution in [-0.2, 0) is 9.59 Å². The standard InChI is InChI=1S/C22H28N2O3/c1-4-5-16-23(3)22(26)15-17-24(18(2)25)19-11-13-21(14-12-19)27-20-9-7-6-8-10-20/h6-14H,4-5,15-17H2,1-3H3. The molecule has 0 aliphatic heterocycles. The number of benzene rings is 2. The van der Waals surface area contributed by atoms with Crippen molar-refractivity contribution >= 4 is 17.5 Å². The fourth-order valence-electron chi connectivity index (χ4n) is 2.71. The molecule has 0 saturated carbocycles. The zero-order chi connectivity index (χ0) is 19.6. The number of nitrogens with zero attached hydrogens (tertiary/aromatic N) is 2. The van der Waals surface area contributed by atoms with E-state index in [-0.39, 0.29) is 11.8 Å². The van der Waals surface area contributed by atoms with Gasteiger partial charge in [-0.25, -0.2) is 0 Å². The van der Waals surface area contributed by atoms with Crippen molar-refractivity contribution < 1.29 is 14.3 Å². The van der Waals surface area contributed by atoms with E-state index in [9.17, 15) is 9.59 Å². The third-order valence-corrected chi connectivity index (χ3v) is 4.33. The van der Waals surface area contributed by atoms with E-state index in [0.717, 1.165) is 30.8 Å². The maximum Gasteiger partial charge on any atom is 0.224 e.